The monoisotopic (exact) mass is 1050 g/mol. The molecule has 1 atom stereocenters. The van der Waals surface area contributed by atoms with Gasteiger partial charge in [-0.3, -0.25) is 14.4 Å². The van der Waals surface area contributed by atoms with Gasteiger partial charge >= 0.3 is 17.9 Å². The van der Waals surface area contributed by atoms with Gasteiger partial charge in [0.2, 0.25) is 0 Å². The Kier molecular flexibility index (Phi) is 61.2. The van der Waals surface area contributed by atoms with Crippen LogP contribution in [0.1, 0.15) is 342 Å². The van der Waals surface area contributed by atoms with Gasteiger partial charge in [0.25, 0.3) is 0 Å². The molecule has 0 saturated heterocycles. The Balaban J connectivity index is 4.26. The SMILES string of the molecule is CCCC/C=C\CCCCCCCC(=O)OCC(COC(=O)CCCCCCCCCCCC/C=C\C/C=C\C/C=C\CCCCCCC)OC(=O)CCCCCCCCCCC/C=C\CCCCCCCCCC. The maximum absolute atomic E-state index is 12.9. The van der Waals surface area contributed by atoms with Gasteiger partial charge in [-0.15, -0.1) is 0 Å². The van der Waals surface area contributed by atoms with E-state index >= 15 is 0 Å². The molecule has 0 aliphatic heterocycles. The van der Waals surface area contributed by atoms with Crippen molar-refractivity contribution in [2.75, 3.05) is 13.2 Å². The van der Waals surface area contributed by atoms with Crippen LogP contribution in [0, 0.1) is 0 Å². The number of ether oxygens (including phenoxy) is 3. The number of rotatable bonds is 60. The van der Waals surface area contributed by atoms with Gasteiger partial charge < -0.3 is 14.2 Å². The summed E-state index contributed by atoms with van der Waals surface area (Å²) in [7, 11) is 0. The molecule has 75 heavy (non-hydrogen) atoms. The van der Waals surface area contributed by atoms with Gasteiger partial charge in [-0.2, -0.15) is 0 Å². The molecule has 6 nitrogen and oxygen atoms in total. The molecule has 1 unspecified atom stereocenters. The third-order valence-corrected chi connectivity index (χ3v) is 14.5. The molecule has 0 aromatic rings. The lowest BCUT2D eigenvalue weighted by atomic mass is 10.0. The van der Waals surface area contributed by atoms with Crippen molar-refractivity contribution in [2.45, 2.75) is 348 Å². The van der Waals surface area contributed by atoms with E-state index in [9.17, 15) is 14.4 Å². The summed E-state index contributed by atoms with van der Waals surface area (Å²) in [6.07, 6.45) is 80.9. The van der Waals surface area contributed by atoms with Crippen LogP contribution < -0.4 is 0 Å². The van der Waals surface area contributed by atoms with Crippen LogP contribution >= 0.6 is 0 Å². The van der Waals surface area contributed by atoms with Crippen LogP contribution in [0.15, 0.2) is 60.8 Å². The van der Waals surface area contributed by atoms with Crippen molar-refractivity contribution < 1.29 is 28.6 Å². The molecule has 0 radical (unpaired) electrons. The van der Waals surface area contributed by atoms with E-state index in [1.807, 2.05) is 0 Å². The first-order chi connectivity index (χ1) is 37.0. The minimum atomic E-state index is -0.780. The Morgan fingerprint density at radius 1 is 0.267 bits per heavy atom. The van der Waals surface area contributed by atoms with Crippen molar-refractivity contribution in [3.8, 4) is 0 Å². The van der Waals surface area contributed by atoms with Crippen molar-refractivity contribution in [2.24, 2.45) is 0 Å². The van der Waals surface area contributed by atoms with Crippen LogP contribution in [-0.4, -0.2) is 37.2 Å². The lowest BCUT2D eigenvalue weighted by Crippen LogP contribution is -2.30. The summed E-state index contributed by atoms with van der Waals surface area (Å²) in [4.78, 5) is 38.3. The fourth-order valence-corrected chi connectivity index (χ4v) is 9.49. The smallest absolute Gasteiger partial charge is 0.306 e. The zero-order chi connectivity index (χ0) is 54.3. The highest BCUT2D eigenvalue weighted by Crippen LogP contribution is 2.17. The summed E-state index contributed by atoms with van der Waals surface area (Å²) in [5.41, 5.74) is 0. The summed E-state index contributed by atoms with van der Waals surface area (Å²) in [5, 5.41) is 0. The number of hydrogen-bond donors (Lipinski definition) is 0. The largest absolute Gasteiger partial charge is 0.462 e. The van der Waals surface area contributed by atoms with E-state index in [0.29, 0.717) is 19.3 Å². The zero-order valence-corrected chi connectivity index (χ0v) is 50.1. The average molecular weight is 1050 g/mol. The van der Waals surface area contributed by atoms with Crippen LogP contribution in [0.3, 0.4) is 0 Å². The van der Waals surface area contributed by atoms with Gasteiger partial charge in [-0.1, -0.05) is 281 Å². The third-order valence-electron chi connectivity index (χ3n) is 14.5. The molecule has 0 aliphatic carbocycles. The summed E-state index contributed by atoms with van der Waals surface area (Å²) in [6, 6.07) is 0. The fraction of sp³-hybridized carbons (Fsp3) is 0.812. The normalized spacial score (nSPS) is 12.4. The third kappa shape index (κ3) is 61.8. The minimum absolute atomic E-state index is 0.0780. The molecular weight excluding hydrogens is 925 g/mol. The molecule has 0 amide bonds. The van der Waals surface area contributed by atoms with Gasteiger partial charge in [-0.25, -0.2) is 0 Å². The number of carbonyl (C=O) groups excluding carboxylic acids is 3. The zero-order valence-electron chi connectivity index (χ0n) is 50.1. The summed E-state index contributed by atoms with van der Waals surface area (Å²) in [5.74, 6) is -0.877. The van der Waals surface area contributed by atoms with Gasteiger partial charge in [0.1, 0.15) is 13.2 Å². The Bertz CT molecular complexity index is 1340. The summed E-state index contributed by atoms with van der Waals surface area (Å²) in [6.45, 7) is 6.62. The topological polar surface area (TPSA) is 78.9 Å². The van der Waals surface area contributed by atoms with E-state index < -0.39 is 6.10 Å². The highest BCUT2D eigenvalue weighted by atomic mass is 16.6. The second kappa shape index (κ2) is 63.6. The molecule has 0 N–H and O–H groups in total. The molecule has 0 aromatic heterocycles. The Morgan fingerprint density at radius 2 is 0.493 bits per heavy atom. The van der Waals surface area contributed by atoms with Crippen molar-refractivity contribution >= 4 is 17.9 Å². The quantitative estimate of drug-likeness (QED) is 0.0261. The minimum Gasteiger partial charge on any atom is -0.462 e. The van der Waals surface area contributed by atoms with E-state index in [2.05, 4.69) is 81.5 Å². The lowest BCUT2D eigenvalue weighted by Gasteiger charge is -2.18. The van der Waals surface area contributed by atoms with Gasteiger partial charge in [0, 0.05) is 19.3 Å². The van der Waals surface area contributed by atoms with Crippen LogP contribution in [0.2, 0.25) is 0 Å². The number of hydrogen-bond acceptors (Lipinski definition) is 6. The van der Waals surface area contributed by atoms with Crippen LogP contribution in [-0.2, 0) is 28.6 Å². The first-order valence-electron chi connectivity index (χ1n) is 32.8. The molecule has 0 aromatic carbocycles. The van der Waals surface area contributed by atoms with Crippen molar-refractivity contribution in [1.82, 2.24) is 0 Å². The predicted molar refractivity (Wildman–Crippen MR) is 325 cm³/mol. The summed E-state index contributed by atoms with van der Waals surface area (Å²) >= 11 is 0. The van der Waals surface area contributed by atoms with Gasteiger partial charge in [0.15, 0.2) is 6.10 Å². The van der Waals surface area contributed by atoms with Crippen LogP contribution in [0.5, 0.6) is 0 Å². The van der Waals surface area contributed by atoms with Gasteiger partial charge in [0.05, 0.1) is 0 Å². The number of esters is 3. The molecular formula is C69H124O6. The maximum Gasteiger partial charge on any atom is 0.306 e. The van der Waals surface area contributed by atoms with E-state index in [0.717, 1.165) is 77.0 Å². The van der Waals surface area contributed by atoms with E-state index in [1.165, 1.54) is 225 Å². The second-order valence-electron chi connectivity index (χ2n) is 22.0. The molecule has 0 spiro atoms. The van der Waals surface area contributed by atoms with Crippen LogP contribution in [0.25, 0.3) is 0 Å². The Morgan fingerprint density at radius 3 is 0.800 bits per heavy atom. The first-order valence-corrected chi connectivity index (χ1v) is 32.8. The highest BCUT2D eigenvalue weighted by Gasteiger charge is 2.19. The number of unbranched alkanes of at least 4 members (excludes halogenated alkanes) is 39. The van der Waals surface area contributed by atoms with E-state index in [1.54, 1.807) is 0 Å². The molecule has 0 aliphatic rings. The van der Waals surface area contributed by atoms with Crippen molar-refractivity contribution in [1.29, 1.82) is 0 Å². The number of allylic oxidation sites excluding steroid dienone is 10. The number of carbonyl (C=O) groups is 3. The highest BCUT2D eigenvalue weighted by molar-refractivity contribution is 5.71. The molecule has 0 rings (SSSR count). The predicted octanol–water partition coefficient (Wildman–Crippen LogP) is 22.3. The lowest BCUT2D eigenvalue weighted by molar-refractivity contribution is -0.167. The van der Waals surface area contributed by atoms with E-state index in [4.69, 9.17) is 14.2 Å². The maximum atomic E-state index is 12.9. The molecule has 0 saturated carbocycles. The Hall–Kier alpha value is -2.89. The van der Waals surface area contributed by atoms with Gasteiger partial charge in [-0.05, 0) is 103 Å². The first kappa shape index (κ1) is 72.1. The standard InChI is InChI=1S/C69H124O6/c1-4-7-10-13-16-19-22-24-26-28-30-32-33-34-35-37-38-40-42-44-47-50-53-56-59-62-68(71)74-65-66(64-73-67(70)61-58-55-52-49-46-21-18-15-12-9-6-3)75-69(72)63-60-57-54-51-48-45-43-41-39-36-31-29-27-25-23-20-17-14-11-8-5-2/h15,18,22,24,28-31,33-34,66H,4-14,16-17,19-21,23,25-27,32,35-65H2,1-3H3/b18-15-,24-22-,30-28-,31-29-,34-33-. The molecule has 436 valence electrons. The average Bonchev–Trinajstić information content (AvgIpc) is 3.41. The molecule has 6 heteroatoms. The molecule has 0 bridgehead atoms. The molecule has 0 heterocycles. The Labute approximate surface area is 466 Å². The second-order valence-corrected chi connectivity index (χ2v) is 22.0. The molecule has 0 fully saturated rings. The fourth-order valence-electron chi connectivity index (χ4n) is 9.49. The summed E-state index contributed by atoms with van der Waals surface area (Å²) < 4.78 is 16.9. The van der Waals surface area contributed by atoms with Crippen molar-refractivity contribution in [3.05, 3.63) is 60.8 Å². The van der Waals surface area contributed by atoms with E-state index in [-0.39, 0.29) is 31.1 Å². The van der Waals surface area contributed by atoms with Crippen molar-refractivity contribution in [3.63, 3.8) is 0 Å². The van der Waals surface area contributed by atoms with Crippen LogP contribution in [0.4, 0.5) is 0 Å².